The molecule has 3 rings (SSSR count). The molecule has 0 unspecified atom stereocenters. The van der Waals surface area contributed by atoms with Gasteiger partial charge in [-0.1, -0.05) is 42.5 Å². The van der Waals surface area contributed by atoms with Crippen molar-refractivity contribution in [3.8, 4) is 5.75 Å². The summed E-state index contributed by atoms with van der Waals surface area (Å²) in [6.45, 7) is 6.83. The number of rotatable bonds is 10. The molecule has 1 aliphatic heterocycles. The number of para-hydroxylation sites is 1. The summed E-state index contributed by atoms with van der Waals surface area (Å²) in [5, 5.41) is 2.95. The van der Waals surface area contributed by atoms with E-state index in [0.717, 1.165) is 5.56 Å². The lowest BCUT2D eigenvalue weighted by Gasteiger charge is -2.34. The second kappa shape index (κ2) is 12.1. The maximum Gasteiger partial charge on any atom is 0.257 e. The molecular weight excluding hydrogens is 394 g/mol. The number of hydrogen-bond donors (Lipinski definition) is 1. The van der Waals surface area contributed by atoms with Crippen LogP contribution in [-0.4, -0.2) is 74.2 Å². The van der Waals surface area contributed by atoms with Crippen LogP contribution in [0.2, 0.25) is 0 Å². The summed E-state index contributed by atoms with van der Waals surface area (Å²) < 4.78 is 11.1. The maximum absolute atomic E-state index is 13.0. The van der Waals surface area contributed by atoms with Crippen molar-refractivity contribution >= 4 is 11.8 Å². The molecule has 1 aliphatic rings. The molecule has 2 aromatic carbocycles. The highest BCUT2D eigenvalue weighted by Gasteiger charge is 2.25. The first-order chi connectivity index (χ1) is 15.2. The molecule has 0 aliphatic carbocycles. The van der Waals surface area contributed by atoms with Gasteiger partial charge in [0.2, 0.25) is 5.91 Å². The summed E-state index contributed by atoms with van der Waals surface area (Å²) in [5.74, 6) is 0.534. The maximum atomic E-state index is 13.0. The zero-order chi connectivity index (χ0) is 21.9. The van der Waals surface area contributed by atoms with Gasteiger partial charge in [0, 0.05) is 39.3 Å². The van der Waals surface area contributed by atoms with E-state index in [0.29, 0.717) is 70.4 Å². The van der Waals surface area contributed by atoms with Crippen LogP contribution < -0.4 is 10.1 Å². The van der Waals surface area contributed by atoms with Crippen LogP contribution in [-0.2, 0) is 16.1 Å². The van der Waals surface area contributed by atoms with E-state index in [1.165, 1.54) is 0 Å². The average Bonchev–Trinajstić information content (AvgIpc) is 2.81. The summed E-state index contributed by atoms with van der Waals surface area (Å²) in [5.41, 5.74) is 1.64. The van der Waals surface area contributed by atoms with E-state index in [9.17, 15) is 9.59 Å². The van der Waals surface area contributed by atoms with Gasteiger partial charge < -0.3 is 19.7 Å². The first kappa shape index (κ1) is 22.8. The van der Waals surface area contributed by atoms with Gasteiger partial charge in [0.15, 0.2) is 0 Å². The van der Waals surface area contributed by atoms with Gasteiger partial charge in [0.25, 0.3) is 5.91 Å². The number of hydrogen-bond acceptors (Lipinski definition) is 5. The molecule has 2 aromatic rings. The second-order valence-electron chi connectivity index (χ2n) is 7.37. The lowest BCUT2D eigenvalue weighted by Crippen LogP contribution is -2.51. The molecule has 166 valence electrons. The first-order valence-electron chi connectivity index (χ1n) is 10.8. The fourth-order valence-corrected chi connectivity index (χ4v) is 3.46. The zero-order valence-electron chi connectivity index (χ0n) is 18.1. The van der Waals surface area contributed by atoms with Crippen molar-refractivity contribution < 1.29 is 19.1 Å². The van der Waals surface area contributed by atoms with Crippen LogP contribution in [0.1, 0.15) is 22.8 Å². The summed E-state index contributed by atoms with van der Waals surface area (Å²) in [4.78, 5) is 29.2. The standard InChI is InChI=1S/C24H31N3O4/c1-2-30-16-17-31-22-11-7-6-10-21(22)24(29)27-14-12-26(13-15-27)19-23(28)25-18-20-8-4-3-5-9-20/h3-11H,2,12-19H2,1H3,(H,25,28). The Bertz CT molecular complexity index is 836. The molecule has 0 spiro atoms. The lowest BCUT2D eigenvalue weighted by atomic mass is 10.1. The highest BCUT2D eigenvalue weighted by atomic mass is 16.5. The molecule has 0 saturated carbocycles. The molecule has 1 N–H and O–H groups in total. The van der Waals surface area contributed by atoms with E-state index < -0.39 is 0 Å². The van der Waals surface area contributed by atoms with Crippen molar-refractivity contribution in [1.82, 2.24) is 15.1 Å². The minimum atomic E-state index is -0.0415. The topological polar surface area (TPSA) is 71.1 Å². The molecule has 0 aromatic heterocycles. The van der Waals surface area contributed by atoms with E-state index in [-0.39, 0.29) is 11.8 Å². The van der Waals surface area contributed by atoms with Crippen molar-refractivity contribution in [2.75, 3.05) is 52.5 Å². The van der Waals surface area contributed by atoms with Crippen LogP contribution in [0.15, 0.2) is 54.6 Å². The minimum absolute atomic E-state index is 0.00308. The van der Waals surface area contributed by atoms with Crippen molar-refractivity contribution in [2.45, 2.75) is 13.5 Å². The highest BCUT2D eigenvalue weighted by Crippen LogP contribution is 2.20. The van der Waals surface area contributed by atoms with Gasteiger partial charge in [0.1, 0.15) is 12.4 Å². The SMILES string of the molecule is CCOCCOc1ccccc1C(=O)N1CCN(CC(=O)NCc2ccccc2)CC1. The summed E-state index contributed by atoms with van der Waals surface area (Å²) in [6.07, 6.45) is 0. The van der Waals surface area contributed by atoms with Gasteiger partial charge in [-0.25, -0.2) is 0 Å². The Morgan fingerprint density at radius 2 is 1.65 bits per heavy atom. The molecule has 7 heteroatoms. The Kier molecular flexibility index (Phi) is 8.87. The first-order valence-corrected chi connectivity index (χ1v) is 10.8. The number of nitrogens with one attached hydrogen (secondary N) is 1. The molecular formula is C24H31N3O4. The average molecular weight is 426 g/mol. The van der Waals surface area contributed by atoms with Gasteiger partial charge in [-0.05, 0) is 24.6 Å². The Morgan fingerprint density at radius 3 is 2.39 bits per heavy atom. The smallest absolute Gasteiger partial charge is 0.257 e. The fourth-order valence-electron chi connectivity index (χ4n) is 3.46. The van der Waals surface area contributed by atoms with E-state index >= 15 is 0 Å². The quantitative estimate of drug-likeness (QED) is 0.591. The predicted molar refractivity (Wildman–Crippen MR) is 119 cm³/mol. The molecule has 1 saturated heterocycles. The molecule has 0 radical (unpaired) electrons. The number of amides is 2. The molecule has 7 nitrogen and oxygen atoms in total. The minimum Gasteiger partial charge on any atom is -0.490 e. The largest absolute Gasteiger partial charge is 0.490 e. The van der Waals surface area contributed by atoms with E-state index in [4.69, 9.17) is 9.47 Å². The lowest BCUT2D eigenvalue weighted by molar-refractivity contribution is -0.122. The number of carbonyl (C=O) groups is 2. The van der Waals surface area contributed by atoms with Gasteiger partial charge in [-0.15, -0.1) is 0 Å². The number of nitrogens with zero attached hydrogens (tertiary/aromatic N) is 2. The van der Waals surface area contributed by atoms with Crippen LogP contribution in [0.5, 0.6) is 5.75 Å². The highest BCUT2D eigenvalue weighted by molar-refractivity contribution is 5.97. The number of benzene rings is 2. The molecule has 0 bridgehead atoms. The predicted octanol–water partition coefficient (Wildman–Crippen LogP) is 2.18. The Morgan fingerprint density at radius 1 is 0.935 bits per heavy atom. The monoisotopic (exact) mass is 425 g/mol. The van der Waals surface area contributed by atoms with Gasteiger partial charge >= 0.3 is 0 Å². The third-order valence-electron chi connectivity index (χ3n) is 5.17. The van der Waals surface area contributed by atoms with E-state index in [2.05, 4.69) is 10.2 Å². The third kappa shape index (κ3) is 7.08. The number of piperazine rings is 1. The fraction of sp³-hybridized carbons (Fsp3) is 0.417. The van der Waals surface area contributed by atoms with E-state index in [1.807, 2.05) is 60.4 Å². The molecule has 2 amide bonds. The summed E-state index contributed by atoms with van der Waals surface area (Å²) in [6, 6.07) is 17.2. The molecule has 31 heavy (non-hydrogen) atoms. The van der Waals surface area contributed by atoms with Gasteiger partial charge in [-0.2, -0.15) is 0 Å². The van der Waals surface area contributed by atoms with Crippen LogP contribution in [0.25, 0.3) is 0 Å². The van der Waals surface area contributed by atoms with Gasteiger partial charge in [0.05, 0.1) is 18.7 Å². The summed E-state index contributed by atoms with van der Waals surface area (Å²) >= 11 is 0. The van der Waals surface area contributed by atoms with Crippen LogP contribution in [0.4, 0.5) is 0 Å². The molecule has 1 fully saturated rings. The summed E-state index contributed by atoms with van der Waals surface area (Å²) in [7, 11) is 0. The number of carbonyl (C=O) groups excluding carboxylic acids is 2. The van der Waals surface area contributed by atoms with Crippen molar-refractivity contribution in [1.29, 1.82) is 0 Å². The molecule has 0 atom stereocenters. The second-order valence-corrected chi connectivity index (χ2v) is 7.37. The normalized spacial score (nSPS) is 14.3. The number of ether oxygens (including phenoxy) is 2. The third-order valence-corrected chi connectivity index (χ3v) is 5.17. The Hall–Kier alpha value is -2.90. The molecule has 1 heterocycles. The van der Waals surface area contributed by atoms with Crippen molar-refractivity contribution in [3.05, 3.63) is 65.7 Å². The van der Waals surface area contributed by atoms with Crippen molar-refractivity contribution in [3.63, 3.8) is 0 Å². The van der Waals surface area contributed by atoms with E-state index in [1.54, 1.807) is 6.07 Å². The Balaban J connectivity index is 1.45. The zero-order valence-corrected chi connectivity index (χ0v) is 18.1. The Labute approximate surface area is 183 Å². The van der Waals surface area contributed by atoms with Crippen LogP contribution in [0, 0.1) is 0 Å². The van der Waals surface area contributed by atoms with Gasteiger partial charge in [-0.3, -0.25) is 14.5 Å². The van der Waals surface area contributed by atoms with Crippen LogP contribution in [0.3, 0.4) is 0 Å². The van der Waals surface area contributed by atoms with Crippen molar-refractivity contribution in [2.24, 2.45) is 0 Å². The van der Waals surface area contributed by atoms with Crippen LogP contribution >= 0.6 is 0 Å².